The molecule has 8 heteroatoms. The summed E-state index contributed by atoms with van der Waals surface area (Å²) in [6, 6.07) is 15.4. The molecule has 0 amide bonds. The quantitative estimate of drug-likeness (QED) is 0.468. The summed E-state index contributed by atoms with van der Waals surface area (Å²) in [6.45, 7) is 4.89. The molecule has 0 unspecified atom stereocenters. The van der Waals surface area contributed by atoms with E-state index in [0.29, 0.717) is 23.9 Å². The fourth-order valence-corrected chi connectivity index (χ4v) is 4.21. The Labute approximate surface area is 177 Å². The zero-order valence-electron chi connectivity index (χ0n) is 17.7. The molecule has 0 aliphatic heterocycles. The average Bonchev–Trinajstić information content (AvgIpc) is 3.13. The Balaban J connectivity index is 1.65. The SMILES string of the molecule is CN=C(NCc1ccc(S(C)(=O)=O)c(C)c1)NCc1ccccc1-n1ccc(C)n1. The number of hydrogen-bond acceptors (Lipinski definition) is 4. The highest BCUT2D eigenvalue weighted by molar-refractivity contribution is 7.90. The maximum absolute atomic E-state index is 11.8. The summed E-state index contributed by atoms with van der Waals surface area (Å²) in [5.74, 6) is 0.659. The van der Waals surface area contributed by atoms with Gasteiger partial charge in [-0.05, 0) is 48.7 Å². The highest BCUT2D eigenvalue weighted by Gasteiger charge is 2.11. The summed E-state index contributed by atoms with van der Waals surface area (Å²) < 4.78 is 25.4. The number of aliphatic imine (C=N–C) groups is 1. The van der Waals surface area contributed by atoms with Gasteiger partial charge < -0.3 is 10.6 Å². The Morgan fingerprint density at radius 1 is 1.07 bits per heavy atom. The van der Waals surface area contributed by atoms with Crippen LogP contribution in [0.5, 0.6) is 0 Å². The standard InChI is InChI=1S/C22H27N5O2S/c1-16-13-18(9-10-21(16)30(4,28)29)14-24-22(23-3)25-15-19-7-5-6-8-20(19)27-12-11-17(2)26-27/h5-13H,14-15H2,1-4H3,(H2,23,24,25). The van der Waals surface area contributed by atoms with Crippen molar-refractivity contribution < 1.29 is 8.42 Å². The summed E-state index contributed by atoms with van der Waals surface area (Å²) in [5.41, 5.74) is 4.79. The Bertz CT molecular complexity index is 1170. The van der Waals surface area contributed by atoms with Crippen LogP contribution in [0.4, 0.5) is 0 Å². The van der Waals surface area contributed by atoms with Crippen LogP contribution in [0.1, 0.15) is 22.4 Å². The summed E-state index contributed by atoms with van der Waals surface area (Å²) in [4.78, 5) is 4.64. The second-order valence-electron chi connectivity index (χ2n) is 7.18. The van der Waals surface area contributed by atoms with E-state index in [9.17, 15) is 8.42 Å². The lowest BCUT2D eigenvalue weighted by atomic mass is 10.1. The first-order valence-corrected chi connectivity index (χ1v) is 11.5. The predicted octanol–water partition coefficient (Wildman–Crippen LogP) is 2.76. The number of nitrogens with zero attached hydrogens (tertiary/aromatic N) is 3. The van der Waals surface area contributed by atoms with Crippen LogP contribution < -0.4 is 10.6 Å². The molecular weight excluding hydrogens is 398 g/mol. The topological polar surface area (TPSA) is 88.4 Å². The number of sulfone groups is 1. The summed E-state index contributed by atoms with van der Waals surface area (Å²) in [5, 5.41) is 11.1. The minimum atomic E-state index is -3.21. The van der Waals surface area contributed by atoms with Gasteiger partial charge in [-0.15, -0.1) is 0 Å². The van der Waals surface area contributed by atoms with Crippen LogP contribution in [0.3, 0.4) is 0 Å². The van der Waals surface area contributed by atoms with E-state index in [1.165, 1.54) is 6.26 Å². The highest BCUT2D eigenvalue weighted by Crippen LogP contribution is 2.17. The van der Waals surface area contributed by atoms with Crippen molar-refractivity contribution in [1.29, 1.82) is 0 Å². The molecular formula is C22H27N5O2S. The van der Waals surface area contributed by atoms with Crippen molar-refractivity contribution in [3.8, 4) is 5.69 Å². The third-order valence-corrected chi connectivity index (χ3v) is 5.99. The molecule has 0 radical (unpaired) electrons. The molecule has 0 saturated carbocycles. The third kappa shape index (κ3) is 5.27. The molecule has 3 aromatic rings. The van der Waals surface area contributed by atoms with Crippen molar-refractivity contribution in [3.63, 3.8) is 0 Å². The van der Waals surface area contributed by atoms with Crippen LogP contribution in [0, 0.1) is 13.8 Å². The smallest absolute Gasteiger partial charge is 0.191 e. The van der Waals surface area contributed by atoms with Crippen molar-refractivity contribution >= 4 is 15.8 Å². The number of hydrogen-bond donors (Lipinski definition) is 2. The van der Waals surface area contributed by atoms with E-state index in [2.05, 4.69) is 26.8 Å². The fraction of sp³-hybridized carbons (Fsp3) is 0.273. The molecule has 7 nitrogen and oxygen atoms in total. The number of nitrogens with one attached hydrogen (secondary N) is 2. The van der Waals surface area contributed by atoms with Crippen LogP contribution in [-0.2, 0) is 22.9 Å². The Morgan fingerprint density at radius 3 is 2.43 bits per heavy atom. The average molecular weight is 426 g/mol. The van der Waals surface area contributed by atoms with Gasteiger partial charge in [-0.1, -0.05) is 30.3 Å². The van der Waals surface area contributed by atoms with Crippen molar-refractivity contribution in [2.75, 3.05) is 13.3 Å². The number of aromatic nitrogens is 2. The number of guanidine groups is 1. The Hall–Kier alpha value is -3.13. The lowest BCUT2D eigenvalue weighted by Gasteiger charge is -2.15. The van der Waals surface area contributed by atoms with Crippen LogP contribution in [0.15, 0.2) is 64.6 Å². The van der Waals surface area contributed by atoms with Crippen molar-refractivity contribution in [1.82, 2.24) is 20.4 Å². The largest absolute Gasteiger partial charge is 0.352 e. The number of para-hydroxylation sites is 1. The second-order valence-corrected chi connectivity index (χ2v) is 9.17. The molecule has 158 valence electrons. The molecule has 30 heavy (non-hydrogen) atoms. The molecule has 0 spiro atoms. The van der Waals surface area contributed by atoms with E-state index < -0.39 is 9.84 Å². The van der Waals surface area contributed by atoms with Crippen molar-refractivity contribution in [3.05, 3.63) is 77.1 Å². The van der Waals surface area contributed by atoms with Gasteiger partial charge >= 0.3 is 0 Å². The van der Waals surface area contributed by atoms with E-state index in [1.54, 1.807) is 20.0 Å². The lowest BCUT2D eigenvalue weighted by Crippen LogP contribution is -2.36. The summed E-state index contributed by atoms with van der Waals surface area (Å²) in [6.07, 6.45) is 3.17. The van der Waals surface area contributed by atoms with E-state index in [1.807, 2.05) is 54.2 Å². The fourth-order valence-electron chi connectivity index (χ4n) is 3.26. The third-order valence-electron chi connectivity index (χ3n) is 4.73. The molecule has 2 N–H and O–H groups in total. The van der Waals surface area contributed by atoms with Gasteiger partial charge in [0.15, 0.2) is 15.8 Å². The zero-order chi connectivity index (χ0) is 21.7. The molecule has 1 aromatic heterocycles. The predicted molar refractivity (Wildman–Crippen MR) is 120 cm³/mol. The Morgan fingerprint density at radius 2 is 1.80 bits per heavy atom. The minimum Gasteiger partial charge on any atom is -0.352 e. The first-order chi connectivity index (χ1) is 14.3. The molecule has 0 aliphatic carbocycles. The molecule has 2 aromatic carbocycles. The van der Waals surface area contributed by atoms with E-state index in [0.717, 1.165) is 28.1 Å². The van der Waals surface area contributed by atoms with E-state index in [-0.39, 0.29) is 0 Å². The molecule has 3 rings (SSSR count). The van der Waals surface area contributed by atoms with Gasteiger partial charge in [-0.25, -0.2) is 13.1 Å². The molecule has 0 saturated heterocycles. The van der Waals surface area contributed by atoms with E-state index >= 15 is 0 Å². The monoisotopic (exact) mass is 425 g/mol. The van der Waals surface area contributed by atoms with Crippen LogP contribution >= 0.6 is 0 Å². The van der Waals surface area contributed by atoms with Crippen LogP contribution in [0.2, 0.25) is 0 Å². The maximum atomic E-state index is 11.8. The summed E-state index contributed by atoms with van der Waals surface area (Å²) in [7, 11) is -1.50. The van der Waals surface area contributed by atoms with Gasteiger partial charge in [0.1, 0.15) is 0 Å². The first kappa shape index (κ1) is 21.6. The number of benzene rings is 2. The van der Waals surface area contributed by atoms with Gasteiger partial charge in [0.2, 0.25) is 0 Å². The van der Waals surface area contributed by atoms with Crippen LogP contribution in [-0.4, -0.2) is 37.5 Å². The second kappa shape index (κ2) is 9.13. The zero-order valence-corrected chi connectivity index (χ0v) is 18.5. The van der Waals surface area contributed by atoms with Gasteiger partial charge in [-0.3, -0.25) is 4.99 Å². The lowest BCUT2D eigenvalue weighted by molar-refractivity contribution is 0.601. The summed E-state index contributed by atoms with van der Waals surface area (Å²) >= 11 is 0. The molecule has 0 bridgehead atoms. The minimum absolute atomic E-state index is 0.360. The van der Waals surface area contributed by atoms with Crippen molar-refractivity contribution in [2.24, 2.45) is 4.99 Å². The van der Waals surface area contributed by atoms with Crippen molar-refractivity contribution in [2.45, 2.75) is 31.8 Å². The Kier molecular flexibility index (Phi) is 6.56. The highest BCUT2D eigenvalue weighted by atomic mass is 32.2. The van der Waals surface area contributed by atoms with Gasteiger partial charge in [0, 0.05) is 32.6 Å². The van der Waals surface area contributed by atoms with E-state index in [4.69, 9.17) is 0 Å². The van der Waals surface area contributed by atoms with Crippen LogP contribution in [0.25, 0.3) is 5.69 Å². The number of aryl methyl sites for hydroxylation is 2. The van der Waals surface area contributed by atoms with Gasteiger partial charge in [0.25, 0.3) is 0 Å². The molecule has 1 heterocycles. The van der Waals surface area contributed by atoms with Gasteiger partial charge in [0.05, 0.1) is 16.3 Å². The number of rotatable bonds is 6. The first-order valence-electron chi connectivity index (χ1n) is 9.62. The van der Waals surface area contributed by atoms with Gasteiger partial charge in [-0.2, -0.15) is 5.10 Å². The molecule has 0 fully saturated rings. The maximum Gasteiger partial charge on any atom is 0.191 e. The normalized spacial score (nSPS) is 12.1. The molecule has 0 atom stereocenters. The molecule has 0 aliphatic rings.